The molecule has 0 amide bonds. The van der Waals surface area contributed by atoms with E-state index in [1.54, 1.807) is 18.3 Å². The molecule has 3 N–H and O–H groups in total. The lowest BCUT2D eigenvalue weighted by molar-refractivity contribution is -0.274. The molecule has 0 radical (unpaired) electrons. The van der Waals surface area contributed by atoms with E-state index in [9.17, 15) is 13.2 Å². The van der Waals surface area contributed by atoms with Gasteiger partial charge in [-0.2, -0.15) is 0 Å². The van der Waals surface area contributed by atoms with Gasteiger partial charge in [-0.05, 0) is 35.4 Å². The van der Waals surface area contributed by atoms with Crippen molar-refractivity contribution in [3.8, 4) is 5.75 Å². The molecule has 0 saturated carbocycles. The number of anilines is 1. The Morgan fingerprint density at radius 1 is 1.05 bits per heavy atom. The Kier molecular flexibility index (Phi) is 3.44. The van der Waals surface area contributed by atoms with E-state index in [-0.39, 0.29) is 5.75 Å². The summed E-state index contributed by atoms with van der Waals surface area (Å²) in [5.41, 5.74) is 9.10. The zero-order valence-electron chi connectivity index (χ0n) is 11.4. The van der Waals surface area contributed by atoms with Gasteiger partial charge in [0.15, 0.2) is 0 Å². The molecular formula is C16H13F3N2O. The van der Waals surface area contributed by atoms with Crippen molar-refractivity contribution in [2.45, 2.75) is 12.8 Å². The first-order valence-corrected chi connectivity index (χ1v) is 6.61. The molecular weight excluding hydrogens is 293 g/mol. The molecule has 0 atom stereocenters. The number of halogens is 3. The van der Waals surface area contributed by atoms with Gasteiger partial charge in [0.05, 0.1) is 0 Å². The monoisotopic (exact) mass is 306 g/mol. The van der Waals surface area contributed by atoms with E-state index in [0.29, 0.717) is 17.5 Å². The first-order valence-electron chi connectivity index (χ1n) is 6.61. The van der Waals surface area contributed by atoms with E-state index in [2.05, 4.69) is 9.72 Å². The van der Waals surface area contributed by atoms with E-state index in [0.717, 1.165) is 16.6 Å². The fourth-order valence-corrected chi connectivity index (χ4v) is 2.40. The van der Waals surface area contributed by atoms with Gasteiger partial charge in [-0.3, -0.25) is 0 Å². The maximum atomic E-state index is 12.3. The van der Waals surface area contributed by atoms with Crippen LogP contribution < -0.4 is 10.5 Å². The quantitative estimate of drug-likeness (QED) is 0.711. The highest BCUT2D eigenvalue weighted by Crippen LogP contribution is 2.29. The van der Waals surface area contributed by atoms with Crippen LogP contribution in [0.4, 0.5) is 18.9 Å². The summed E-state index contributed by atoms with van der Waals surface area (Å²) < 4.78 is 40.9. The van der Waals surface area contributed by atoms with Gasteiger partial charge in [-0.1, -0.05) is 18.2 Å². The van der Waals surface area contributed by atoms with Crippen molar-refractivity contribution in [1.29, 1.82) is 0 Å². The number of aromatic amines is 1. The van der Waals surface area contributed by atoms with Crippen molar-refractivity contribution in [1.82, 2.24) is 4.98 Å². The molecule has 22 heavy (non-hydrogen) atoms. The molecule has 1 heterocycles. The summed E-state index contributed by atoms with van der Waals surface area (Å²) in [5, 5.41) is 0.685. The number of nitrogens with one attached hydrogen (secondary N) is 1. The summed E-state index contributed by atoms with van der Waals surface area (Å²) in [6.45, 7) is 0. The van der Waals surface area contributed by atoms with Crippen molar-refractivity contribution in [3.63, 3.8) is 0 Å². The maximum Gasteiger partial charge on any atom is 0.573 e. The zero-order valence-corrected chi connectivity index (χ0v) is 11.4. The molecule has 0 spiro atoms. The van der Waals surface area contributed by atoms with Gasteiger partial charge in [-0.25, -0.2) is 0 Å². The lowest BCUT2D eigenvalue weighted by Crippen LogP contribution is -2.16. The van der Waals surface area contributed by atoms with Gasteiger partial charge >= 0.3 is 6.36 Å². The van der Waals surface area contributed by atoms with Gasteiger partial charge in [0.2, 0.25) is 0 Å². The molecule has 3 rings (SSSR count). The predicted octanol–water partition coefficient (Wildman–Crippen LogP) is 4.24. The molecule has 0 bridgehead atoms. The standard InChI is InChI=1S/C16H13F3N2O/c17-16(18,19)22-12-5-6-15-13(8-12)11(9-21-15)7-10-3-1-2-4-14(10)20/h1-6,8-9,21H,7,20H2. The van der Waals surface area contributed by atoms with Crippen LogP contribution in [0, 0.1) is 0 Å². The normalized spacial score (nSPS) is 11.8. The molecule has 114 valence electrons. The van der Waals surface area contributed by atoms with Crippen molar-refractivity contribution >= 4 is 16.6 Å². The first kappa shape index (κ1) is 14.3. The molecule has 1 aromatic heterocycles. The van der Waals surface area contributed by atoms with E-state index in [1.165, 1.54) is 12.1 Å². The number of hydrogen-bond acceptors (Lipinski definition) is 2. The molecule has 0 saturated heterocycles. The molecule has 2 aromatic carbocycles. The van der Waals surface area contributed by atoms with E-state index < -0.39 is 6.36 Å². The minimum atomic E-state index is -4.70. The van der Waals surface area contributed by atoms with Gasteiger partial charge in [0.25, 0.3) is 0 Å². The van der Waals surface area contributed by atoms with Crippen LogP contribution in [-0.4, -0.2) is 11.3 Å². The molecule has 0 fully saturated rings. The van der Waals surface area contributed by atoms with Crippen LogP contribution in [0.25, 0.3) is 10.9 Å². The summed E-state index contributed by atoms with van der Waals surface area (Å²) in [6, 6.07) is 11.6. The minimum Gasteiger partial charge on any atom is -0.406 e. The van der Waals surface area contributed by atoms with Crippen molar-refractivity contribution in [2.75, 3.05) is 5.73 Å². The fourth-order valence-electron chi connectivity index (χ4n) is 2.40. The van der Waals surface area contributed by atoms with E-state index >= 15 is 0 Å². The second kappa shape index (κ2) is 5.29. The number of rotatable bonds is 3. The Hall–Kier alpha value is -2.63. The average molecular weight is 306 g/mol. The molecule has 0 unspecified atom stereocenters. The minimum absolute atomic E-state index is 0.234. The highest BCUT2D eigenvalue weighted by atomic mass is 19.4. The number of fused-ring (bicyclic) bond motifs is 1. The van der Waals surface area contributed by atoms with Crippen LogP contribution in [-0.2, 0) is 6.42 Å². The van der Waals surface area contributed by atoms with E-state index in [1.807, 2.05) is 18.2 Å². The lowest BCUT2D eigenvalue weighted by Gasteiger charge is -2.09. The first-order chi connectivity index (χ1) is 10.4. The number of aromatic nitrogens is 1. The van der Waals surface area contributed by atoms with Crippen molar-refractivity contribution in [3.05, 3.63) is 59.8 Å². The molecule has 3 aromatic rings. The molecule has 6 heteroatoms. The second-order valence-corrected chi connectivity index (χ2v) is 4.94. The number of ether oxygens (including phenoxy) is 1. The number of H-pyrrole nitrogens is 1. The topological polar surface area (TPSA) is 51.0 Å². The van der Waals surface area contributed by atoms with Crippen LogP contribution in [0.15, 0.2) is 48.7 Å². The Morgan fingerprint density at radius 2 is 1.82 bits per heavy atom. The second-order valence-electron chi connectivity index (χ2n) is 4.94. The van der Waals surface area contributed by atoms with Crippen molar-refractivity contribution < 1.29 is 17.9 Å². The Morgan fingerprint density at radius 3 is 2.55 bits per heavy atom. The number of nitrogens with two attached hydrogens (primary N) is 1. The van der Waals surface area contributed by atoms with Crippen LogP contribution in [0.5, 0.6) is 5.75 Å². The number of alkyl halides is 3. The lowest BCUT2D eigenvalue weighted by atomic mass is 10.0. The number of benzene rings is 2. The number of hydrogen-bond donors (Lipinski definition) is 2. The Balaban J connectivity index is 1.96. The van der Waals surface area contributed by atoms with Gasteiger partial charge in [-0.15, -0.1) is 13.2 Å². The highest BCUT2D eigenvalue weighted by Gasteiger charge is 2.31. The van der Waals surface area contributed by atoms with E-state index in [4.69, 9.17) is 5.73 Å². The third-order valence-electron chi connectivity index (χ3n) is 3.41. The molecule has 0 aliphatic carbocycles. The summed E-state index contributed by atoms with van der Waals surface area (Å²) in [4.78, 5) is 3.04. The maximum absolute atomic E-state index is 12.3. The van der Waals surface area contributed by atoms with Crippen LogP contribution in [0.2, 0.25) is 0 Å². The van der Waals surface area contributed by atoms with Crippen LogP contribution >= 0.6 is 0 Å². The Labute approximate surface area is 124 Å². The molecule has 0 aliphatic heterocycles. The van der Waals surface area contributed by atoms with Crippen LogP contribution in [0.1, 0.15) is 11.1 Å². The smallest absolute Gasteiger partial charge is 0.406 e. The average Bonchev–Trinajstić information content (AvgIpc) is 2.82. The van der Waals surface area contributed by atoms with Gasteiger partial charge in [0.1, 0.15) is 5.75 Å². The molecule has 3 nitrogen and oxygen atoms in total. The van der Waals surface area contributed by atoms with Gasteiger partial charge in [0, 0.05) is 29.2 Å². The zero-order chi connectivity index (χ0) is 15.7. The fraction of sp³-hybridized carbons (Fsp3) is 0.125. The third-order valence-corrected chi connectivity index (χ3v) is 3.41. The van der Waals surface area contributed by atoms with Crippen LogP contribution in [0.3, 0.4) is 0 Å². The summed E-state index contributed by atoms with van der Waals surface area (Å²) >= 11 is 0. The largest absolute Gasteiger partial charge is 0.573 e. The number of para-hydroxylation sites is 1. The predicted molar refractivity (Wildman–Crippen MR) is 78.6 cm³/mol. The summed E-state index contributed by atoms with van der Waals surface area (Å²) in [6.07, 6.45) is -2.40. The highest BCUT2D eigenvalue weighted by molar-refractivity contribution is 5.85. The third kappa shape index (κ3) is 3.00. The van der Waals surface area contributed by atoms with Crippen molar-refractivity contribution in [2.24, 2.45) is 0 Å². The van der Waals surface area contributed by atoms with Gasteiger partial charge < -0.3 is 15.5 Å². The SMILES string of the molecule is Nc1ccccc1Cc1c[nH]c2ccc(OC(F)(F)F)cc12. The summed E-state index contributed by atoms with van der Waals surface area (Å²) in [7, 11) is 0. The molecule has 0 aliphatic rings. The number of nitrogen functional groups attached to an aromatic ring is 1. The summed E-state index contributed by atoms with van der Waals surface area (Å²) in [5.74, 6) is -0.234. The Bertz CT molecular complexity index is 809.